The van der Waals surface area contributed by atoms with E-state index < -0.39 is 39.4 Å². The number of halogens is 1. The van der Waals surface area contributed by atoms with Crippen molar-refractivity contribution in [1.29, 1.82) is 0 Å². The minimum Gasteiger partial charge on any atom is -0.465 e. The third-order valence-electron chi connectivity index (χ3n) is 9.00. The summed E-state index contributed by atoms with van der Waals surface area (Å²) in [6.07, 6.45) is 5.05. The number of thioether (sulfide) groups is 1. The van der Waals surface area contributed by atoms with Crippen LogP contribution in [0, 0.1) is 18.8 Å². The van der Waals surface area contributed by atoms with Gasteiger partial charge < -0.3 is 19.6 Å². The molecule has 3 aliphatic heterocycles. The molecule has 3 aliphatic rings. The average molecular weight is 609 g/mol. The lowest BCUT2D eigenvalue weighted by atomic mass is 9.66. The Bertz CT molecular complexity index is 1380. The highest BCUT2D eigenvalue weighted by atomic mass is 35.5. The van der Waals surface area contributed by atoms with Gasteiger partial charge in [-0.25, -0.2) is 0 Å². The summed E-state index contributed by atoms with van der Waals surface area (Å²) >= 11 is 8.24. The zero-order valence-electron chi connectivity index (χ0n) is 24.0. The third-order valence-corrected chi connectivity index (χ3v) is 11.3. The molecule has 3 saturated heterocycles. The number of ether oxygens (including phenoxy) is 1. The molecular weight excluding hydrogens is 572 g/mol. The van der Waals surface area contributed by atoms with Crippen molar-refractivity contribution in [2.75, 3.05) is 24.7 Å². The number of hydrogen-bond donors (Lipinski definition) is 1. The lowest BCUT2D eigenvalue weighted by Crippen LogP contribution is -2.56. The predicted octanol–water partition coefficient (Wildman–Crippen LogP) is 5.50. The molecule has 2 bridgehead atoms. The van der Waals surface area contributed by atoms with Crippen molar-refractivity contribution in [3.8, 4) is 0 Å². The number of rotatable bonds is 11. The molecule has 9 heteroatoms. The summed E-state index contributed by atoms with van der Waals surface area (Å²) in [6, 6.07) is 12.9. The molecule has 6 atom stereocenters. The van der Waals surface area contributed by atoms with Gasteiger partial charge in [-0.15, -0.1) is 24.9 Å². The van der Waals surface area contributed by atoms with Gasteiger partial charge in [0.1, 0.15) is 6.04 Å². The Balaban J connectivity index is 1.66. The van der Waals surface area contributed by atoms with Crippen LogP contribution in [0.4, 0.5) is 5.69 Å². The first-order valence-corrected chi connectivity index (χ1v) is 15.5. The van der Waals surface area contributed by atoms with E-state index in [1.807, 2.05) is 56.3 Å². The maximum absolute atomic E-state index is 15.0. The van der Waals surface area contributed by atoms with Crippen molar-refractivity contribution >= 4 is 46.8 Å². The number of aryl methyl sites for hydroxylation is 1. The fourth-order valence-electron chi connectivity index (χ4n) is 7.23. The second-order valence-electron chi connectivity index (χ2n) is 11.5. The summed E-state index contributed by atoms with van der Waals surface area (Å²) in [5.41, 5.74) is 2.08. The van der Waals surface area contributed by atoms with Crippen molar-refractivity contribution < 1.29 is 24.2 Å². The molecule has 2 aromatic carbocycles. The van der Waals surface area contributed by atoms with Crippen LogP contribution in [0.25, 0.3) is 0 Å². The molecule has 2 aromatic rings. The Morgan fingerprint density at radius 3 is 2.57 bits per heavy atom. The number of hydrogen-bond acceptors (Lipinski definition) is 6. The first-order chi connectivity index (χ1) is 20.1. The topological polar surface area (TPSA) is 87.1 Å². The highest BCUT2D eigenvalue weighted by molar-refractivity contribution is 8.02. The van der Waals surface area contributed by atoms with Gasteiger partial charge in [0.25, 0.3) is 5.91 Å². The quantitative estimate of drug-likeness (QED) is 0.206. The number of carbonyl (C=O) groups is 3. The van der Waals surface area contributed by atoms with E-state index in [-0.39, 0.29) is 31.6 Å². The zero-order valence-corrected chi connectivity index (χ0v) is 25.6. The van der Waals surface area contributed by atoms with E-state index in [1.54, 1.807) is 39.8 Å². The van der Waals surface area contributed by atoms with Crippen LogP contribution in [0.5, 0.6) is 0 Å². The van der Waals surface area contributed by atoms with E-state index in [0.29, 0.717) is 35.5 Å². The van der Waals surface area contributed by atoms with Crippen molar-refractivity contribution in [2.45, 2.75) is 54.7 Å². The number of aliphatic hydroxyl groups excluding tert-OH is 1. The molecule has 0 aliphatic carbocycles. The fraction of sp³-hybridized carbons (Fsp3) is 0.424. The van der Waals surface area contributed by atoms with Crippen molar-refractivity contribution in [3.63, 3.8) is 0 Å². The van der Waals surface area contributed by atoms with Crippen molar-refractivity contribution in [3.05, 3.63) is 90.0 Å². The highest BCUT2D eigenvalue weighted by Gasteiger charge is 2.78. The SMILES string of the molecule is C=CCCOC(=O)[C@@H]1[C@H]2C(=O)N([C@H](CO)c3ccccc3)C(C(=O)N(CC=C)c3c(C)cccc3Cl)C23CC[C@@]1(C)S3. The molecule has 3 fully saturated rings. The molecule has 1 spiro atoms. The lowest BCUT2D eigenvalue weighted by molar-refractivity contribution is -0.156. The third kappa shape index (κ3) is 4.77. The predicted molar refractivity (Wildman–Crippen MR) is 166 cm³/mol. The molecule has 0 aromatic heterocycles. The van der Waals surface area contributed by atoms with E-state index in [1.165, 1.54) is 0 Å². The number of carbonyl (C=O) groups excluding carboxylic acids is 3. The molecule has 0 radical (unpaired) electrons. The standard InChI is InChI=1S/C33H37ClN2O5S/c1-5-7-19-41-31(40)26-25-29(38)36(24(20-37)22-13-9-8-10-14-22)28(33(25)17-16-32(26,4)42-33)30(39)35(18-6-2)27-21(3)12-11-15-23(27)34/h5-6,8-15,24-26,28,37H,1-2,7,16-20H2,3-4H3/t24-,25+,26+,28?,32-,33?/m1/s1. The molecule has 42 heavy (non-hydrogen) atoms. The van der Waals surface area contributed by atoms with E-state index >= 15 is 0 Å². The number of fused-ring (bicyclic) bond motifs is 1. The van der Waals surface area contributed by atoms with Crippen LogP contribution in [0.3, 0.4) is 0 Å². The van der Waals surface area contributed by atoms with Gasteiger partial charge in [-0.3, -0.25) is 14.4 Å². The van der Waals surface area contributed by atoms with Gasteiger partial charge in [0.2, 0.25) is 5.91 Å². The molecule has 0 saturated carbocycles. The maximum atomic E-state index is 15.0. The Morgan fingerprint density at radius 2 is 1.93 bits per heavy atom. The monoisotopic (exact) mass is 608 g/mol. The van der Waals surface area contributed by atoms with Gasteiger partial charge in [-0.05, 0) is 50.3 Å². The highest BCUT2D eigenvalue weighted by Crippen LogP contribution is 2.72. The maximum Gasteiger partial charge on any atom is 0.311 e. The van der Waals surface area contributed by atoms with Gasteiger partial charge in [0.15, 0.2) is 0 Å². The number of anilines is 1. The molecular formula is C33H37ClN2O5S. The van der Waals surface area contributed by atoms with Crippen LogP contribution in [-0.4, -0.2) is 63.1 Å². The van der Waals surface area contributed by atoms with Gasteiger partial charge in [-0.1, -0.05) is 66.2 Å². The Labute approximate surface area is 256 Å². The van der Waals surface area contributed by atoms with Crippen molar-refractivity contribution in [2.24, 2.45) is 11.8 Å². The molecule has 1 N–H and O–H groups in total. The van der Waals surface area contributed by atoms with Crippen LogP contribution in [0.2, 0.25) is 5.02 Å². The summed E-state index contributed by atoms with van der Waals surface area (Å²) in [4.78, 5) is 46.4. The van der Waals surface area contributed by atoms with Crippen LogP contribution in [0.1, 0.15) is 43.4 Å². The molecule has 5 rings (SSSR count). The smallest absolute Gasteiger partial charge is 0.311 e. The number of aliphatic hydroxyl groups is 1. The number of benzene rings is 2. The lowest BCUT2D eigenvalue weighted by Gasteiger charge is -2.40. The normalized spacial score (nSPS) is 28.3. The fourth-order valence-corrected chi connectivity index (χ4v) is 9.88. The number of para-hydroxylation sites is 1. The van der Waals surface area contributed by atoms with E-state index in [9.17, 15) is 19.5 Å². The molecule has 3 heterocycles. The number of likely N-dealkylation sites (tertiary alicyclic amines) is 1. The van der Waals surface area contributed by atoms with Gasteiger partial charge in [-0.2, -0.15) is 0 Å². The van der Waals surface area contributed by atoms with E-state index in [4.69, 9.17) is 16.3 Å². The van der Waals surface area contributed by atoms with Crippen molar-refractivity contribution in [1.82, 2.24) is 4.90 Å². The Morgan fingerprint density at radius 1 is 1.19 bits per heavy atom. The van der Waals surface area contributed by atoms with E-state index in [0.717, 1.165) is 5.56 Å². The van der Waals surface area contributed by atoms with Gasteiger partial charge in [0, 0.05) is 11.3 Å². The van der Waals surface area contributed by atoms with Gasteiger partial charge >= 0.3 is 5.97 Å². The largest absolute Gasteiger partial charge is 0.465 e. The Kier molecular flexibility index (Phi) is 8.61. The summed E-state index contributed by atoms with van der Waals surface area (Å²) in [5.74, 6) is -2.55. The molecule has 2 unspecified atom stereocenters. The average Bonchev–Trinajstić information content (AvgIpc) is 3.54. The summed E-state index contributed by atoms with van der Waals surface area (Å²) < 4.78 is 4.20. The first kappa shape index (κ1) is 30.4. The van der Waals surface area contributed by atoms with Crippen LogP contribution in [-0.2, 0) is 19.1 Å². The second-order valence-corrected chi connectivity index (χ2v) is 13.8. The van der Waals surface area contributed by atoms with Crippen LogP contribution >= 0.6 is 23.4 Å². The minimum absolute atomic E-state index is 0.173. The zero-order chi connectivity index (χ0) is 30.2. The second kappa shape index (κ2) is 11.9. The summed E-state index contributed by atoms with van der Waals surface area (Å²) in [5, 5.41) is 11.2. The minimum atomic E-state index is -0.958. The number of nitrogens with zero attached hydrogens (tertiary/aromatic N) is 2. The molecule has 222 valence electrons. The number of amides is 2. The van der Waals surface area contributed by atoms with Crippen LogP contribution in [0.15, 0.2) is 73.8 Å². The first-order valence-electron chi connectivity index (χ1n) is 14.3. The van der Waals surface area contributed by atoms with Gasteiger partial charge in [0.05, 0.1) is 46.5 Å². The van der Waals surface area contributed by atoms with E-state index in [2.05, 4.69) is 13.2 Å². The Hall–Kier alpha value is -3.07. The van der Waals surface area contributed by atoms with Crippen LogP contribution < -0.4 is 4.90 Å². The molecule has 7 nitrogen and oxygen atoms in total. The summed E-state index contributed by atoms with van der Waals surface area (Å²) in [7, 11) is 0. The summed E-state index contributed by atoms with van der Waals surface area (Å²) in [6.45, 7) is 11.4. The number of esters is 1. The molecule has 2 amide bonds.